The van der Waals surface area contributed by atoms with E-state index in [-0.39, 0.29) is 11.2 Å². The average Bonchev–Trinajstić information content (AvgIpc) is 2.88. The Labute approximate surface area is 130 Å². The molecule has 0 spiro atoms. The second-order valence-corrected chi connectivity index (χ2v) is 7.31. The molecule has 0 aliphatic heterocycles. The third-order valence-electron chi connectivity index (χ3n) is 3.32. The van der Waals surface area contributed by atoms with Crippen molar-refractivity contribution in [3.63, 3.8) is 0 Å². The van der Waals surface area contributed by atoms with Gasteiger partial charge in [-0.25, -0.2) is 4.39 Å². The van der Waals surface area contributed by atoms with Crippen LogP contribution in [0.3, 0.4) is 0 Å². The fourth-order valence-electron chi connectivity index (χ4n) is 2.07. The highest BCUT2D eigenvalue weighted by molar-refractivity contribution is 7.15. The minimum atomic E-state index is -0.216. The predicted octanol–water partition coefficient (Wildman–Crippen LogP) is 6.03. The number of hydrogen-bond acceptors (Lipinski definition) is 2. The summed E-state index contributed by atoms with van der Waals surface area (Å²) in [4.78, 5) is 2.18. The van der Waals surface area contributed by atoms with Crippen LogP contribution in [-0.4, -0.2) is 6.61 Å². The Hall–Kier alpha value is -1.35. The summed E-state index contributed by atoms with van der Waals surface area (Å²) < 4.78 is 20.1. The van der Waals surface area contributed by atoms with Crippen molar-refractivity contribution < 1.29 is 9.13 Å². The summed E-state index contributed by atoms with van der Waals surface area (Å²) in [7, 11) is 0. The quantitative estimate of drug-likeness (QED) is 0.613. The van der Waals surface area contributed by atoms with Crippen molar-refractivity contribution in [2.45, 2.75) is 46.0 Å². The highest BCUT2D eigenvalue weighted by Gasteiger charge is 2.19. The number of halogens is 1. The van der Waals surface area contributed by atoms with Gasteiger partial charge in [-0.1, -0.05) is 40.2 Å². The molecule has 21 heavy (non-hydrogen) atoms. The van der Waals surface area contributed by atoms with Crippen molar-refractivity contribution in [2.24, 2.45) is 0 Å². The standard InChI is InChI=1S/C18H23FOS/c1-5-6-12-20-14-9-7-8-13(19)17(14)15-10-11-16(21-15)18(2,3)4/h7-11H,5-6,12H2,1-4H3. The van der Waals surface area contributed by atoms with Gasteiger partial charge in [0.2, 0.25) is 0 Å². The second-order valence-electron chi connectivity index (χ2n) is 6.23. The first-order chi connectivity index (χ1) is 9.93. The summed E-state index contributed by atoms with van der Waals surface area (Å²) in [6.45, 7) is 9.25. The van der Waals surface area contributed by atoms with Gasteiger partial charge in [-0.05, 0) is 36.1 Å². The Kier molecular flexibility index (Phi) is 5.04. The molecule has 0 amide bonds. The molecule has 1 nitrogen and oxygen atoms in total. The molecule has 2 aromatic rings. The maximum atomic E-state index is 14.3. The minimum Gasteiger partial charge on any atom is -0.493 e. The van der Waals surface area contributed by atoms with Crippen LogP contribution in [-0.2, 0) is 5.41 Å². The third-order valence-corrected chi connectivity index (χ3v) is 4.85. The maximum absolute atomic E-state index is 14.3. The SMILES string of the molecule is CCCCOc1cccc(F)c1-c1ccc(C(C)(C)C)s1. The Bertz CT molecular complexity index is 596. The number of unbranched alkanes of at least 4 members (excludes halogenated alkanes) is 1. The maximum Gasteiger partial charge on any atom is 0.135 e. The van der Waals surface area contributed by atoms with Gasteiger partial charge >= 0.3 is 0 Å². The van der Waals surface area contributed by atoms with Crippen molar-refractivity contribution in [1.29, 1.82) is 0 Å². The van der Waals surface area contributed by atoms with E-state index in [1.165, 1.54) is 10.9 Å². The van der Waals surface area contributed by atoms with Gasteiger partial charge in [0.05, 0.1) is 12.2 Å². The second kappa shape index (κ2) is 6.61. The molecular formula is C18H23FOS. The molecule has 1 aromatic heterocycles. The van der Waals surface area contributed by atoms with E-state index in [0.29, 0.717) is 17.9 Å². The zero-order valence-corrected chi connectivity index (χ0v) is 14.0. The van der Waals surface area contributed by atoms with Crippen LogP contribution in [0.15, 0.2) is 30.3 Å². The Morgan fingerprint density at radius 2 is 1.90 bits per heavy atom. The predicted molar refractivity (Wildman–Crippen MR) is 88.8 cm³/mol. The van der Waals surface area contributed by atoms with E-state index in [2.05, 4.69) is 33.8 Å². The van der Waals surface area contributed by atoms with Gasteiger partial charge in [0, 0.05) is 9.75 Å². The molecule has 0 radical (unpaired) electrons. The average molecular weight is 306 g/mol. The van der Waals surface area contributed by atoms with Gasteiger partial charge in [0.25, 0.3) is 0 Å². The molecule has 0 bridgehead atoms. The van der Waals surface area contributed by atoms with Crippen LogP contribution in [0.5, 0.6) is 5.75 Å². The lowest BCUT2D eigenvalue weighted by Gasteiger charge is -2.15. The number of hydrogen-bond donors (Lipinski definition) is 0. The van der Waals surface area contributed by atoms with E-state index in [1.54, 1.807) is 17.4 Å². The van der Waals surface area contributed by atoms with Crippen molar-refractivity contribution in [3.05, 3.63) is 41.0 Å². The van der Waals surface area contributed by atoms with E-state index in [0.717, 1.165) is 17.7 Å². The van der Waals surface area contributed by atoms with Gasteiger partial charge in [-0.15, -0.1) is 11.3 Å². The van der Waals surface area contributed by atoms with Crippen molar-refractivity contribution in [2.75, 3.05) is 6.61 Å². The lowest BCUT2D eigenvalue weighted by molar-refractivity contribution is 0.309. The van der Waals surface area contributed by atoms with E-state index < -0.39 is 0 Å². The van der Waals surface area contributed by atoms with Crippen LogP contribution in [0.2, 0.25) is 0 Å². The number of ether oxygens (including phenoxy) is 1. The number of rotatable bonds is 5. The van der Waals surface area contributed by atoms with E-state index in [1.807, 2.05) is 12.1 Å². The van der Waals surface area contributed by atoms with Crippen LogP contribution in [0.4, 0.5) is 4.39 Å². The molecule has 0 aliphatic carbocycles. The number of benzene rings is 1. The summed E-state index contributed by atoms with van der Waals surface area (Å²) in [5, 5.41) is 0. The van der Waals surface area contributed by atoms with Crippen molar-refractivity contribution in [1.82, 2.24) is 0 Å². The molecule has 1 aromatic carbocycles. The fourth-order valence-corrected chi connectivity index (χ4v) is 3.18. The monoisotopic (exact) mass is 306 g/mol. The van der Waals surface area contributed by atoms with Crippen molar-refractivity contribution >= 4 is 11.3 Å². The zero-order chi connectivity index (χ0) is 15.5. The van der Waals surface area contributed by atoms with Crippen LogP contribution >= 0.6 is 11.3 Å². The first-order valence-electron chi connectivity index (χ1n) is 7.45. The van der Waals surface area contributed by atoms with Gasteiger partial charge in [-0.3, -0.25) is 0 Å². The van der Waals surface area contributed by atoms with E-state index in [4.69, 9.17) is 4.74 Å². The van der Waals surface area contributed by atoms with Gasteiger partial charge in [0.1, 0.15) is 11.6 Å². The molecule has 0 saturated carbocycles. The summed E-state index contributed by atoms with van der Waals surface area (Å²) in [6.07, 6.45) is 2.05. The molecular weight excluding hydrogens is 283 g/mol. The van der Waals surface area contributed by atoms with E-state index >= 15 is 0 Å². The highest BCUT2D eigenvalue weighted by atomic mass is 32.1. The van der Waals surface area contributed by atoms with Crippen LogP contribution in [0, 0.1) is 5.82 Å². The summed E-state index contributed by atoms with van der Waals surface area (Å²) >= 11 is 1.64. The molecule has 0 unspecified atom stereocenters. The topological polar surface area (TPSA) is 9.23 Å². The molecule has 0 aliphatic rings. The molecule has 0 N–H and O–H groups in total. The van der Waals surface area contributed by atoms with Gasteiger partial charge in [-0.2, -0.15) is 0 Å². The molecule has 0 fully saturated rings. The fraction of sp³-hybridized carbons (Fsp3) is 0.444. The Balaban J connectivity index is 2.36. The Morgan fingerprint density at radius 3 is 2.52 bits per heavy atom. The first-order valence-corrected chi connectivity index (χ1v) is 8.27. The molecule has 3 heteroatoms. The zero-order valence-electron chi connectivity index (χ0n) is 13.2. The normalized spacial score (nSPS) is 11.7. The van der Waals surface area contributed by atoms with Crippen molar-refractivity contribution in [3.8, 4) is 16.2 Å². The van der Waals surface area contributed by atoms with Gasteiger partial charge in [0.15, 0.2) is 0 Å². The van der Waals surface area contributed by atoms with E-state index in [9.17, 15) is 4.39 Å². The summed E-state index contributed by atoms with van der Waals surface area (Å²) in [5.41, 5.74) is 0.673. The minimum absolute atomic E-state index is 0.0808. The lowest BCUT2D eigenvalue weighted by Crippen LogP contribution is -2.07. The Morgan fingerprint density at radius 1 is 1.14 bits per heavy atom. The molecule has 1 heterocycles. The third kappa shape index (κ3) is 3.85. The molecule has 0 atom stereocenters. The van der Waals surface area contributed by atoms with Crippen LogP contribution in [0.1, 0.15) is 45.4 Å². The summed E-state index contributed by atoms with van der Waals surface area (Å²) in [6, 6.07) is 9.14. The highest BCUT2D eigenvalue weighted by Crippen LogP contribution is 2.40. The largest absolute Gasteiger partial charge is 0.493 e. The summed E-state index contributed by atoms with van der Waals surface area (Å²) in [5.74, 6) is 0.428. The van der Waals surface area contributed by atoms with Gasteiger partial charge < -0.3 is 4.74 Å². The lowest BCUT2D eigenvalue weighted by atomic mass is 9.95. The molecule has 2 rings (SSSR count). The molecule has 0 saturated heterocycles. The smallest absolute Gasteiger partial charge is 0.135 e. The first kappa shape index (κ1) is 16.0. The number of thiophene rings is 1. The molecule has 114 valence electrons. The van der Waals surface area contributed by atoms with Crippen LogP contribution < -0.4 is 4.74 Å². The van der Waals surface area contributed by atoms with Crippen LogP contribution in [0.25, 0.3) is 10.4 Å².